The molecule has 340 valence electrons. The predicted octanol–water partition coefficient (Wildman–Crippen LogP) is -0.444. The van der Waals surface area contributed by atoms with Crippen molar-refractivity contribution in [2.75, 3.05) is 20.3 Å². The number of nitrogens with two attached hydrogens (primary N) is 2. The van der Waals surface area contributed by atoms with Crippen molar-refractivity contribution in [1.29, 1.82) is 0 Å². The van der Waals surface area contributed by atoms with Crippen molar-refractivity contribution in [2.24, 2.45) is 29.2 Å². The van der Waals surface area contributed by atoms with Crippen LogP contribution in [0, 0.1) is 17.8 Å². The summed E-state index contributed by atoms with van der Waals surface area (Å²) >= 11 is 0. The number of aryl methyl sites for hydroxylation is 1. The Morgan fingerprint density at radius 3 is 1.95 bits per heavy atom. The first-order valence-electron chi connectivity index (χ1n) is 19.6. The summed E-state index contributed by atoms with van der Waals surface area (Å²) in [6.45, 7) is 21.9. The van der Waals surface area contributed by atoms with Gasteiger partial charge in [0.05, 0.1) is 24.9 Å². The van der Waals surface area contributed by atoms with Crippen LogP contribution in [0.25, 0.3) is 0 Å². The van der Waals surface area contributed by atoms with Crippen LogP contribution in [0.15, 0.2) is 55.3 Å². The standard InChI is InChI=1S/C32H51F2N5O10.C2H6O.2C2H6.CH4O/c1-6-27(41)25(29(43,44)32(47,48)30(33,34)31(27,45)46)20(5)37-49-28(42,13-12-21-10-8-7-9-11-21)39-22-14-17(2)24(39)19(4)26(36)38(18(3)15-22)23(35)16-40;1-2-3;3*1-2/h6-11,17-19,22-26,37,40-48H,1,5,12-16,35-36H2,2-4H3;3H,2H2,1H3;2*1-2H3;2H,1H3. The lowest BCUT2D eigenvalue weighted by Gasteiger charge is -2.59. The van der Waals surface area contributed by atoms with Crippen LogP contribution in [0.5, 0.6) is 0 Å². The lowest BCUT2D eigenvalue weighted by molar-refractivity contribution is -0.530. The summed E-state index contributed by atoms with van der Waals surface area (Å²) in [6, 6.07) is 7.84. The summed E-state index contributed by atoms with van der Waals surface area (Å²) in [7, 11) is 1.00. The van der Waals surface area contributed by atoms with E-state index in [0.717, 1.165) is 12.7 Å². The predicted molar refractivity (Wildman–Crippen MR) is 213 cm³/mol. The summed E-state index contributed by atoms with van der Waals surface area (Å²) in [4.78, 5) is 9.44. The number of rotatable bonds is 11. The van der Waals surface area contributed by atoms with Crippen molar-refractivity contribution in [3.63, 3.8) is 0 Å². The van der Waals surface area contributed by atoms with Crippen molar-refractivity contribution >= 4 is 0 Å². The molecular weight excluding hydrogens is 768 g/mol. The van der Waals surface area contributed by atoms with E-state index in [1.54, 1.807) is 30.0 Å². The first-order chi connectivity index (χ1) is 26.9. The summed E-state index contributed by atoms with van der Waals surface area (Å²) in [5.74, 6) is -25.4. The molecule has 10 unspecified atom stereocenters. The SMILES string of the molecule is C=CC1(O)C(C(=C)NOC(O)(CCc2ccccc2)N2C3CC(C)C2C(C)C(N)N(C(N)CO)C(C)C3)C(O)(O)C(O)(O)C(F)(F)C1(O)O.CC.CC.CCO.CO. The van der Waals surface area contributed by atoms with Crippen LogP contribution in [0.1, 0.15) is 80.2 Å². The topological polar surface area (TPSA) is 302 Å². The van der Waals surface area contributed by atoms with Crippen molar-refractivity contribution < 1.29 is 69.8 Å². The van der Waals surface area contributed by atoms with Crippen LogP contribution < -0.4 is 16.9 Å². The zero-order chi connectivity index (χ0) is 45.8. The average Bonchev–Trinajstić information content (AvgIpc) is 3.54. The third-order valence-electron chi connectivity index (χ3n) is 10.8. The molecule has 16 N–H and O–H groups in total. The van der Waals surface area contributed by atoms with Crippen LogP contribution in [-0.4, -0.2) is 152 Å². The molecule has 0 radical (unpaired) electrons. The Hall–Kier alpha value is -2.28. The van der Waals surface area contributed by atoms with E-state index < -0.39 is 76.7 Å². The van der Waals surface area contributed by atoms with Gasteiger partial charge >= 0.3 is 5.92 Å². The highest BCUT2D eigenvalue weighted by atomic mass is 19.3. The molecule has 10 atom stereocenters. The first kappa shape index (κ1) is 55.7. The third-order valence-corrected chi connectivity index (χ3v) is 10.8. The van der Waals surface area contributed by atoms with Gasteiger partial charge in [-0.15, -0.1) is 6.58 Å². The van der Waals surface area contributed by atoms with E-state index in [1.807, 2.05) is 65.5 Å². The fourth-order valence-corrected chi connectivity index (χ4v) is 8.22. The van der Waals surface area contributed by atoms with Gasteiger partial charge in [0.15, 0.2) is 5.60 Å². The first-order valence-corrected chi connectivity index (χ1v) is 19.6. The fraction of sp³-hybridized carbons (Fsp3) is 0.744. The molecule has 19 heteroatoms. The van der Waals surface area contributed by atoms with Crippen molar-refractivity contribution in [1.82, 2.24) is 15.3 Å². The summed E-state index contributed by atoms with van der Waals surface area (Å²) in [5, 5.41) is 111. The van der Waals surface area contributed by atoms with Gasteiger partial charge in [-0.25, -0.2) is 9.74 Å². The highest BCUT2D eigenvalue weighted by Crippen LogP contribution is 2.58. The normalized spacial score (nSPS) is 32.2. The van der Waals surface area contributed by atoms with Gasteiger partial charge in [0.2, 0.25) is 5.79 Å². The van der Waals surface area contributed by atoms with Gasteiger partial charge in [-0.05, 0) is 44.6 Å². The van der Waals surface area contributed by atoms with Crippen molar-refractivity contribution in [3.8, 4) is 0 Å². The number of aliphatic hydroxyl groups excluding tert-OH is 3. The lowest BCUT2D eigenvalue weighted by atomic mass is 9.62. The average molecular weight is 842 g/mol. The Labute approximate surface area is 341 Å². The number of halogens is 2. The third kappa shape index (κ3) is 10.2. The number of fused-ring (bicyclic) bond motifs is 2. The van der Waals surface area contributed by atoms with E-state index in [1.165, 1.54) is 0 Å². The summed E-state index contributed by atoms with van der Waals surface area (Å²) in [6.07, 6.45) is -0.268. The molecular formula is C39H73F2N5O12. The van der Waals surface area contributed by atoms with Crippen LogP contribution in [0.3, 0.4) is 0 Å². The quantitative estimate of drug-likeness (QED) is 0.0763. The van der Waals surface area contributed by atoms with Gasteiger partial charge in [-0.1, -0.05) is 84.5 Å². The second kappa shape index (κ2) is 22.5. The highest BCUT2D eigenvalue weighted by molar-refractivity contribution is 5.31. The fourth-order valence-electron chi connectivity index (χ4n) is 8.22. The van der Waals surface area contributed by atoms with E-state index in [0.29, 0.717) is 12.8 Å². The smallest absolute Gasteiger partial charge is 0.361 e. The minimum absolute atomic E-state index is 0.0821. The molecule has 2 aliphatic heterocycles. The zero-order valence-corrected chi connectivity index (χ0v) is 35.4. The summed E-state index contributed by atoms with van der Waals surface area (Å²) < 4.78 is 29.9. The maximum Gasteiger partial charge on any atom is 0.361 e. The van der Waals surface area contributed by atoms with Crippen LogP contribution in [-0.2, 0) is 11.3 Å². The molecule has 3 fully saturated rings. The number of hydroxylamine groups is 1. The molecule has 1 aromatic rings. The van der Waals surface area contributed by atoms with Crippen LogP contribution >= 0.6 is 0 Å². The molecule has 1 aromatic carbocycles. The number of hydrogen-bond donors (Lipinski definition) is 14. The number of nitrogens with one attached hydrogen (secondary N) is 1. The van der Waals surface area contributed by atoms with Gasteiger partial charge < -0.3 is 67.6 Å². The monoisotopic (exact) mass is 842 g/mol. The van der Waals surface area contributed by atoms with E-state index in [-0.39, 0.29) is 44.1 Å². The van der Waals surface area contributed by atoms with Gasteiger partial charge in [-0.3, -0.25) is 10.4 Å². The molecule has 0 spiro atoms. The number of aliphatic hydroxyl groups is 11. The molecule has 1 saturated carbocycles. The second-order valence-electron chi connectivity index (χ2n) is 14.3. The largest absolute Gasteiger partial charge is 0.400 e. The lowest BCUT2D eigenvalue weighted by Crippen LogP contribution is -2.87. The van der Waals surface area contributed by atoms with E-state index >= 15 is 0 Å². The maximum atomic E-state index is 15.0. The molecule has 1 aliphatic carbocycles. The zero-order valence-electron chi connectivity index (χ0n) is 35.4. The van der Waals surface area contributed by atoms with Crippen LogP contribution in [0.2, 0.25) is 0 Å². The number of alkyl halides is 2. The Kier molecular flexibility index (Phi) is 21.6. The second-order valence-corrected chi connectivity index (χ2v) is 14.3. The Balaban J connectivity index is 0.00000334. The molecule has 2 saturated heterocycles. The molecule has 2 bridgehead atoms. The molecule has 17 nitrogen and oxygen atoms in total. The van der Waals surface area contributed by atoms with Crippen LogP contribution in [0.4, 0.5) is 8.78 Å². The Morgan fingerprint density at radius 2 is 1.48 bits per heavy atom. The molecule has 3 aliphatic rings. The van der Waals surface area contributed by atoms with Crippen molar-refractivity contribution in [3.05, 3.63) is 60.8 Å². The summed E-state index contributed by atoms with van der Waals surface area (Å²) in [5.41, 5.74) is 11.2. The Morgan fingerprint density at radius 1 is 0.983 bits per heavy atom. The van der Waals surface area contributed by atoms with Crippen molar-refractivity contribution in [2.45, 2.75) is 146 Å². The van der Waals surface area contributed by atoms with Gasteiger partial charge in [0.25, 0.3) is 17.5 Å². The van der Waals surface area contributed by atoms with Gasteiger partial charge in [0, 0.05) is 49.9 Å². The molecule has 4 rings (SSSR count). The minimum atomic E-state index is -5.57. The van der Waals surface area contributed by atoms with E-state index in [9.17, 15) is 54.7 Å². The molecule has 0 aromatic heterocycles. The van der Waals surface area contributed by atoms with E-state index in [2.05, 4.69) is 18.6 Å². The van der Waals surface area contributed by atoms with Gasteiger partial charge in [-0.2, -0.15) is 8.78 Å². The van der Waals surface area contributed by atoms with E-state index in [4.69, 9.17) is 26.5 Å². The van der Waals surface area contributed by atoms with Gasteiger partial charge in [0.1, 0.15) is 0 Å². The molecule has 0 amide bonds. The Bertz CT molecular complexity index is 1380. The molecule has 2 heterocycles. The molecule has 58 heavy (non-hydrogen) atoms. The minimum Gasteiger partial charge on any atom is -0.400 e. The number of benzene rings is 1. The maximum absolute atomic E-state index is 15.0. The highest BCUT2D eigenvalue weighted by Gasteiger charge is 2.87. The number of nitrogens with zero attached hydrogens (tertiary/aromatic N) is 2. The number of hydrogen-bond acceptors (Lipinski definition) is 17.